The molecule has 0 aliphatic carbocycles. The number of ether oxygens (including phenoxy) is 2. The van der Waals surface area contributed by atoms with Crippen molar-refractivity contribution in [1.29, 1.82) is 0 Å². The smallest absolute Gasteiger partial charge is 0.351 e. The number of nitrogen functional groups attached to an aromatic ring is 1. The number of aromatic nitrogens is 2. The van der Waals surface area contributed by atoms with Crippen molar-refractivity contribution in [1.82, 2.24) is 9.55 Å². The van der Waals surface area contributed by atoms with Crippen LogP contribution in [0.1, 0.15) is 32.4 Å². The molecular weight excluding hydrogens is 301 g/mol. The van der Waals surface area contributed by atoms with Gasteiger partial charge in [0, 0.05) is 12.6 Å². The van der Waals surface area contributed by atoms with Crippen LogP contribution in [0.3, 0.4) is 0 Å². The lowest BCUT2D eigenvalue weighted by molar-refractivity contribution is -0.233. The molecule has 0 saturated carbocycles. The minimum absolute atomic E-state index is 0.119. The Kier molecular flexibility index (Phi) is 4.50. The van der Waals surface area contributed by atoms with Gasteiger partial charge in [-0.3, -0.25) is 9.13 Å². The molecule has 9 nitrogen and oxygen atoms in total. The van der Waals surface area contributed by atoms with E-state index < -0.39 is 31.6 Å². The summed E-state index contributed by atoms with van der Waals surface area (Å²) in [6, 6.07) is 1.48. The fourth-order valence-electron chi connectivity index (χ4n) is 2.22. The van der Waals surface area contributed by atoms with Crippen molar-refractivity contribution < 1.29 is 23.8 Å². The van der Waals surface area contributed by atoms with Gasteiger partial charge < -0.3 is 25.0 Å². The molecule has 1 saturated heterocycles. The molecule has 10 heteroatoms. The van der Waals surface area contributed by atoms with E-state index in [2.05, 4.69) is 4.98 Å². The quantitative estimate of drug-likeness (QED) is 0.663. The molecule has 1 aliphatic rings. The Balaban J connectivity index is 2.13. The molecule has 118 valence electrons. The maximum absolute atomic E-state index is 11.8. The second kappa shape index (κ2) is 5.86. The van der Waals surface area contributed by atoms with Crippen LogP contribution < -0.4 is 11.4 Å². The molecule has 0 aromatic carbocycles. The number of hydrogen-bond donors (Lipinski definition) is 3. The van der Waals surface area contributed by atoms with Crippen LogP contribution in [-0.2, 0) is 14.0 Å². The standard InChI is InChI=1S/C11H18N3O6P/c1-2-11(19-7-21(16,17)18)5-3-9(20-11)14-6-4-8(12)13-10(14)15/h4,6,9H,2-3,5,7H2,1H3,(H2,12,13,15)(H2,16,17,18)/t9-,11+/m1/s1. The first-order valence-electron chi connectivity index (χ1n) is 6.46. The molecule has 1 aliphatic heterocycles. The molecule has 0 radical (unpaired) electrons. The zero-order valence-corrected chi connectivity index (χ0v) is 12.4. The van der Waals surface area contributed by atoms with Gasteiger partial charge >= 0.3 is 13.3 Å². The molecule has 2 rings (SSSR count). The molecule has 0 amide bonds. The highest BCUT2D eigenvalue weighted by molar-refractivity contribution is 7.51. The fourth-order valence-corrected chi connectivity index (χ4v) is 2.62. The Labute approximate surface area is 120 Å². The van der Waals surface area contributed by atoms with E-state index in [0.29, 0.717) is 19.3 Å². The molecule has 0 spiro atoms. The highest BCUT2D eigenvalue weighted by atomic mass is 31.2. The van der Waals surface area contributed by atoms with Gasteiger partial charge in [0.25, 0.3) is 0 Å². The van der Waals surface area contributed by atoms with Crippen molar-refractivity contribution in [3.8, 4) is 0 Å². The van der Waals surface area contributed by atoms with E-state index in [1.165, 1.54) is 16.8 Å². The van der Waals surface area contributed by atoms with Crippen LogP contribution >= 0.6 is 7.60 Å². The Hall–Kier alpha value is -1.25. The van der Waals surface area contributed by atoms with Gasteiger partial charge in [-0.2, -0.15) is 4.98 Å². The summed E-state index contributed by atoms with van der Waals surface area (Å²) < 4.78 is 23.2. The average Bonchev–Trinajstić information content (AvgIpc) is 2.81. The predicted octanol–water partition coefficient (Wildman–Crippen LogP) is 0.393. The topological polar surface area (TPSA) is 137 Å². The van der Waals surface area contributed by atoms with E-state index in [-0.39, 0.29) is 5.82 Å². The molecule has 1 aromatic rings. The van der Waals surface area contributed by atoms with Crippen molar-refractivity contribution >= 4 is 13.4 Å². The van der Waals surface area contributed by atoms with Crippen LogP contribution in [-0.4, -0.2) is 31.5 Å². The van der Waals surface area contributed by atoms with Gasteiger partial charge in [-0.25, -0.2) is 4.79 Å². The van der Waals surface area contributed by atoms with Crippen LogP contribution in [0.2, 0.25) is 0 Å². The predicted molar refractivity (Wildman–Crippen MR) is 73.3 cm³/mol. The van der Waals surface area contributed by atoms with Crippen molar-refractivity contribution in [2.24, 2.45) is 0 Å². The third kappa shape index (κ3) is 3.90. The summed E-state index contributed by atoms with van der Waals surface area (Å²) in [4.78, 5) is 33.2. The van der Waals surface area contributed by atoms with Gasteiger partial charge in [0.1, 0.15) is 12.0 Å². The zero-order chi connectivity index (χ0) is 15.7. The first-order chi connectivity index (χ1) is 9.75. The van der Waals surface area contributed by atoms with Gasteiger partial charge in [-0.1, -0.05) is 6.92 Å². The number of hydrogen-bond acceptors (Lipinski definition) is 6. The fraction of sp³-hybridized carbons (Fsp3) is 0.636. The van der Waals surface area contributed by atoms with Crippen molar-refractivity contribution in [2.75, 3.05) is 12.1 Å². The Morgan fingerprint density at radius 2 is 2.38 bits per heavy atom. The van der Waals surface area contributed by atoms with Crippen molar-refractivity contribution in [2.45, 2.75) is 38.2 Å². The van der Waals surface area contributed by atoms with Crippen LogP contribution in [0.5, 0.6) is 0 Å². The van der Waals surface area contributed by atoms with Gasteiger partial charge in [0.2, 0.25) is 0 Å². The highest BCUT2D eigenvalue weighted by Gasteiger charge is 2.42. The molecule has 2 atom stereocenters. The SMILES string of the molecule is CC[C@@]1(OCP(=O)(O)O)CC[C@H](n2ccc(N)nc2=O)O1. The summed E-state index contributed by atoms with van der Waals surface area (Å²) in [5.41, 5.74) is 4.88. The lowest BCUT2D eigenvalue weighted by atomic mass is 10.1. The van der Waals surface area contributed by atoms with E-state index >= 15 is 0 Å². The second-order valence-corrected chi connectivity index (χ2v) is 6.44. The first-order valence-corrected chi connectivity index (χ1v) is 8.25. The summed E-state index contributed by atoms with van der Waals surface area (Å²) in [6.45, 7) is 1.78. The lowest BCUT2D eigenvalue weighted by Gasteiger charge is -2.28. The Morgan fingerprint density at radius 1 is 1.67 bits per heavy atom. The van der Waals surface area contributed by atoms with E-state index in [4.69, 9.17) is 25.0 Å². The second-order valence-electron chi connectivity index (χ2n) is 4.86. The molecule has 2 heterocycles. The third-order valence-electron chi connectivity index (χ3n) is 3.32. The maximum atomic E-state index is 11.8. The summed E-state index contributed by atoms with van der Waals surface area (Å²) in [5, 5.41) is 0. The molecule has 0 bridgehead atoms. The molecule has 4 N–H and O–H groups in total. The number of nitrogens with zero attached hydrogens (tertiary/aromatic N) is 2. The molecule has 21 heavy (non-hydrogen) atoms. The molecule has 1 aromatic heterocycles. The number of rotatable bonds is 5. The third-order valence-corrected chi connectivity index (χ3v) is 3.78. The first kappa shape index (κ1) is 16.1. The van der Waals surface area contributed by atoms with Crippen LogP contribution in [0.4, 0.5) is 5.82 Å². The largest absolute Gasteiger partial charge is 0.383 e. The van der Waals surface area contributed by atoms with Crippen LogP contribution in [0.15, 0.2) is 17.1 Å². The molecule has 0 unspecified atom stereocenters. The van der Waals surface area contributed by atoms with Crippen molar-refractivity contribution in [3.63, 3.8) is 0 Å². The lowest BCUT2D eigenvalue weighted by Crippen LogP contribution is -2.34. The van der Waals surface area contributed by atoms with E-state index in [1.54, 1.807) is 6.92 Å². The Bertz CT molecular complexity index is 614. The van der Waals surface area contributed by atoms with Crippen LogP contribution in [0.25, 0.3) is 0 Å². The number of anilines is 1. The minimum atomic E-state index is -4.28. The molecule has 1 fully saturated rings. The monoisotopic (exact) mass is 319 g/mol. The van der Waals surface area contributed by atoms with Gasteiger partial charge in [0.15, 0.2) is 12.1 Å². The summed E-state index contributed by atoms with van der Waals surface area (Å²) in [7, 11) is -4.28. The van der Waals surface area contributed by atoms with E-state index in [9.17, 15) is 9.36 Å². The minimum Gasteiger partial charge on any atom is -0.383 e. The zero-order valence-electron chi connectivity index (χ0n) is 11.5. The van der Waals surface area contributed by atoms with Gasteiger partial charge in [0.05, 0.1) is 0 Å². The maximum Gasteiger partial charge on any atom is 0.351 e. The average molecular weight is 319 g/mol. The van der Waals surface area contributed by atoms with E-state index in [1.807, 2.05) is 0 Å². The normalized spacial score (nSPS) is 26.1. The highest BCUT2D eigenvalue weighted by Crippen LogP contribution is 2.43. The van der Waals surface area contributed by atoms with Gasteiger partial charge in [-0.05, 0) is 18.9 Å². The van der Waals surface area contributed by atoms with Gasteiger partial charge in [-0.15, -0.1) is 0 Å². The van der Waals surface area contributed by atoms with Crippen LogP contribution in [0, 0.1) is 0 Å². The number of nitrogens with two attached hydrogens (primary N) is 1. The molecular formula is C11H18N3O6P. The summed E-state index contributed by atoms with van der Waals surface area (Å²) in [6.07, 6.45) is 1.46. The summed E-state index contributed by atoms with van der Waals surface area (Å²) in [5.74, 6) is -0.985. The Morgan fingerprint density at radius 3 is 2.95 bits per heavy atom. The summed E-state index contributed by atoms with van der Waals surface area (Å²) >= 11 is 0. The van der Waals surface area contributed by atoms with E-state index in [0.717, 1.165) is 0 Å². The van der Waals surface area contributed by atoms with Crippen molar-refractivity contribution in [3.05, 3.63) is 22.7 Å².